The molecule has 0 atom stereocenters. The molecule has 0 bridgehead atoms. The Morgan fingerprint density at radius 1 is 1.42 bits per heavy atom. The molecule has 1 fully saturated rings. The van der Waals surface area contributed by atoms with Crippen LogP contribution >= 0.6 is 0 Å². The van der Waals surface area contributed by atoms with Gasteiger partial charge in [0.05, 0.1) is 0 Å². The van der Waals surface area contributed by atoms with Gasteiger partial charge < -0.3 is 5.32 Å². The van der Waals surface area contributed by atoms with Crippen molar-refractivity contribution in [2.24, 2.45) is 11.8 Å². The second kappa shape index (κ2) is 4.48. The van der Waals surface area contributed by atoms with Crippen LogP contribution in [0.25, 0.3) is 0 Å². The monoisotopic (exact) mass is 169 g/mol. The molecule has 0 aromatic rings. The first-order chi connectivity index (χ1) is 5.70. The molecule has 0 aromatic carbocycles. The van der Waals surface area contributed by atoms with E-state index < -0.39 is 0 Å². The second-order valence-electron chi connectivity index (χ2n) is 4.12. The molecule has 0 heterocycles. The maximum Gasteiger partial charge on any atom is 0.223 e. The Balaban J connectivity index is 2.18. The summed E-state index contributed by atoms with van der Waals surface area (Å²) in [4.78, 5) is 11.4. The topological polar surface area (TPSA) is 29.1 Å². The molecular weight excluding hydrogens is 150 g/mol. The first-order valence-electron chi connectivity index (χ1n) is 4.98. The SMILES string of the molecule is CC(C)CNC(=O)C1CCCC1. The van der Waals surface area contributed by atoms with Crippen LogP contribution in [0.4, 0.5) is 0 Å². The fourth-order valence-corrected chi connectivity index (χ4v) is 1.64. The summed E-state index contributed by atoms with van der Waals surface area (Å²) < 4.78 is 0. The highest BCUT2D eigenvalue weighted by atomic mass is 16.1. The van der Waals surface area contributed by atoms with E-state index in [-0.39, 0.29) is 5.91 Å². The number of nitrogens with one attached hydrogen (secondary N) is 1. The first kappa shape index (κ1) is 9.56. The van der Waals surface area contributed by atoms with Crippen LogP contribution in [0.3, 0.4) is 0 Å². The molecule has 1 saturated carbocycles. The number of amides is 1. The Morgan fingerprint density at radius 2 is 2.00 bits per heavy atom. The molecule has 12 heavy (non-hydrogen) atoms. The zero-order chi connectivity index (χ0) is 8.97. The van der Waals surface area contributed by atoms with Crippen molar-refractivity contribution in [2.75, 3.05) is 6.54 Å². The molecule has 1 aliphatic carbocycles. The van der Waals surface area contributed by atoms with Gasteiger partial charge in [-0.15, -0.1) is 0 Å². The molecule has 1 amide bonds. The third-order valence-electron chi connectivity index (χ3n) is 2.41. The standard InChI is InChI=1S/C10H19NO/c1-8(2)7-11-10(12)9-5-3-4-6-9/h8-9H,3-7H2,1-2H3,(H,11,12). The van der Waals surface area contributed by atoms with Gasteiger partial charge in [-0.1, -0.05) is 26.7 Å². The van der Waals surface area contributed by atoms with Crippen molar-refractivity contribution in [1.29, 1.82) is 0 Å². The Labute approximate surface area is 74.7 Å². The van der Waals surface area contributed by atoms with E-state index in [1.54, 1.807) is 0 Å². The van der Waals surface area contributed by atoms with Crippen molar-refractivity contribution in [3.8, 4) is 0 Å². The summed E-state index contributed by atoms with van der Waals surface area (Å²) in [6.07, 6.45) is 4.67. The van der Waals surface area contributed by atoms with Crippen molar-refractivity contribution < 1.29 is 4.79 Å². The maximum absolute atomic E-state index is 11.4. The summed E-state index contributed by atoms with van der Waals surface area (Å²) in [5.41, 5.74) is 0. The van der Waals surface area contributed by atoms with Gasteiger partial charge in [0.2, 0.25) is 5.91 Å². The first-order valence-corrected chi connectivity index (χ1v) is 4.98. The molecule has 0 unspecified atom stereocenters. The van der Waals surface area contributed by atoms with Crippen LogP contribution in [0, 0.1) is 11.8 Å². The average Bonchev–Trinajstić information content (AvgIpc) is 2.51. The molecule has 1 aliphatic rings. The quantitative estimate of drug-likeness (QED) is 0.687. The second-order valence-corrected chi connectivity index (χ2v) is 4.12. The number of rotatable bonds is 3. The molecule has 0 saturated heterocycles. The van der Waals surface area contributed by atoms with E-state index >= 15 is 0 Å². The van der Waals surface area contributed by atoms with Crippen LogP contribution in [0.5, 0.6) is 0 Å². The van der Waals surface area contributed by atoms with E-state index in [9.17, 15) is 4.79 Å². The fraction of sp³-hybridized carbons (Fsp3) is 0.900. The van der Waals surface area contributed by atoms with Gasteiger partial charge in [0.1, 0.15) is 0 Å². The third-order valence-corrected chi connectivity index (χ3v) is 2.41. The maximum atomic E-state index is 11.4. The third kappa shape index (κ3) is 2.84. The van der Waals surface area contributed by atoms with Gasteiger partial charge in [0, 0.05) is 12.5 Å². The van der Waals surface area contributed by atoms with Gasteiger partial charge in [-0.3, -0.25) is 4.79 Å². The van der Waals surface area contributed by atoms with Gasteiger partial charge in [0.25, 0.3) is 0 Å². The van der Waals surface area contributed by atoms with Crippen molar-refractivity contribution in [2.45, 2.75) is 39.5 Å². The van der Waals surface area contributed by atoms with Crippen molar-refractivity contribution in [3.05, 3.63) is 0 Å². The highest BCUT2D eigenvalue weighted by Gasteiger charge is 2.21. The molecule has 0 spiro atoms. The van der Waals surface area contributed by atoms with Gasteiger partial charge >= 0.3 is 0 Å². The van der Waals surface area contributed by atoms with Crippen molar-refractivity contribution in [3.63, 3.8) is 0 Å². The van der Waals surface area contributed by atoms with E-state index in [2.05, 4.69) is 19.2 Å². The lowest BCUT2D eigenvalue weighted by Gasteiger charge is -2.11. The van der Waals surface area contributed by atoms with Crippen molar-refractivity contribution in [1.82, 2.24) is 5.32 Å². The number of carbonyl (C=O) groups excluding carboxylic acids is 1. The summed E-state index contributed by atoms with van der Waals surface area (Å²) >= 11 is 0. The van der Waals surface area contributed by atoms with E-state index in [0.29, 0.717) is 11.8 Å². The minimum absolute atomic E-state index is 0.279. The highest BCUT2D eigenvalue weighted by molar-refractivity contribution is 5.78. The smallest absolute Gasteiger partial charge is 0.223 e. The highest BCUT2D eigenvalue weighted by Crippen LogP contribution is 2.24. The number of hydrogen-bond acceptors (Lipinski definition) is 1. The summed E-state index contributed by atoms with van der Waals surface area (Å²) in [5.74, 6) is 1.17. The molecule has 2 nitrogen and oxygen atoms in total. The predicted octanol–water partition coefficient (Wildman–Crippen LogP) is 1.95. The molecule has 0 aromatic heterocycles. The van der Waals surface area contributed by atoms with E-state index in [1.807, 2.05) is 0 Å². The Kier molecular flexibility index (Phi) is 3.57. The normalized spacial score (nSPS) is 18.6. The lowest BCUT2D eigenvalue weighted by atomic mass is 10.1. The Bertz CT molecular complexity index is 148. The average molecular weight is 169 g/mol. The molecule has 1 rings (SSSR count). The Morgan fingerprint density at radius 3 is 2.50 bits per heavy atom. The zero-order valence-electron chi connectivity index (χ0n) is 8.10. The summed E-state index contributed by atoms with van der Waals surface area (Å²) in [6, 6.07) is 0. The van der Waals surface area contributed by atoms with Gasteiger partial charge in [-0.25, -0.2) is 0 Å². The summed E-state index contributed by atoms with van der Waals surface area (Å²) in [5, 5.41) is 2.99. The molecule has 2 heteroatoms. The minimum Gasteiger partial charge on any atom is -0.356 e. The van der Waals surface area contributed by atoms with Gasteiger partial charge in [-0.05, 0) is 18.8 Å². The van der Waals surface area contributed by atoms with Gasteiger partial charge in [0.15, 0.2) is 0 Å². The minimum atomic E-state index is 0.279. The van der Waals surface area contributed by atoms with E-state index in [4.69, 9.17) is 0 Å². The van der Waals surface area contributed by atoms with E-state index in [1.165, 1.54) is 12.8 Å². The number of carbonyl (C=O) groups is 1. The van der Waals surface area contributed by atoms with Gasteiger partial charge in [-0.2, -0.15) is 0 Å². The molecule has 1 N–H and O–H groups in total. The molecular formula is C10H19NO. The summed E-state index contributed by atoms with van der Waals surface area (Å²) in [7, 11) is 0. The number of hydrogen-bond donors (Lipinski definition) is 1. The molecule has 0 radical (unpaired) electrons. The predicted molar refractivity (Wildman–Crippen MR) is 49.8 cm³/mol. The van der Waals surface area contributed by atoms with Crippen LogP contribution in [0.1, 0.15) is 39.5 Å². The Hall–Kier alpha value is -0.530. The summed E-state index contributed by atoms with van der Waals surface area (Å²) in [6.45, 7) is 5.07. The zero-order valence-corrected chi connectivity index (χ0v) is 8.10. The van der Waals surface area contributed by atoms with Crippen LogP contribution in [0.15, 0.2) is 0 Å². The van der Waals surface area contributed by atoms with Crippen LogP contribution in [-0.4, -0.2) is 12.5 Å². The van der Waals surface area contributed by atoms with Crippen LogP contribution < -0.4 is 5.32 Å². The van der Waals surface area contributed by atoms with Crippen LogP contribution in [-0.2, 0) is 4.79 Å². The lowest BCUT2D eigenvalue weighted by Crippen LogP contribution is -2.32. The lowest BCUT2D eigenvalue weighted by molar-refractivity contribution is -0.124. The molecule has 0 aliphatic heterocycles. The van der Waals surface area contributed by atoms with Crippen molar-refractivity contribution >= 4 is 5.91 Å². The van der Waals surface area contributed by atoms with Crippen LogP contribution in [0.2, 0.25) is 0 Å². The molecule has 70 valence electrons. The largest absolute Gasteiger partial charge is 0.356 e. The fourth-order valence-electron chi connectivity index (χ4n) is 1.64. The van der Waals surface area contributed by atoms with E-state index in [0.717, 1.165) is 19.4 Å².